The van der Waals surface area contributed by atoms with E-state index in [1.165, 1.54) is 0 Å². The number of rotatable bonds is 2. The van der Waals surface area contributed by atoms with Gasteiger partial charge in [-0.15, -0.1) is 0 Å². The molecular formula is C12H20O3. The highest BCUT2D eigenvalue weighted by atomic mass is 16.5. The number of hydrogen-bond donors (Lipinski definition) is 1. The Morgan fingerprint density at radius 1 is 1.47 bits per heavy atom. The predicted octanol–water partition coefficient (Wildman–Crippen LogP) is 1.88. The molecule has 0 aromatic rings. The van der Waals surface area contributed by atoms with Crippen LogP contribution in [0.2, 0.25) is 0 Å². The SMILES string of the molecule is CCOC(=O)[C@@]12CCC[C@]1(O)C(C)CC2. The number of ether oxygens (including phenoxy) is 1. The minimum atomic E-state index is -0.792. The second kappa shape index (κ2) is 3.48. The predicted molar refractivity (Wildman–Crippen MR) is 56.3 cm³/mol. The van der Waals surface area contributed by atoms with E-state index in [1.807, 2.05) is 13.8 Å². The van der Waals surface area contributed by atoms with Gasteiger partial charge < -0.3 is 9.84 Å². The van der Waals surface area contributed by atoms with Crippen LogP contribution in [0.25, 0.3) is 0 Å². The first-order chi connectivity index (χ1) is 7.07. The molecule has 0 saturated heterocycles. The van der Waals surface area contributed by atoms with Crippen molar-refractivity contribution in [2.45, 2.75) is 51.6 Å². The van der Waals surface area contributed by atoms with E-state index < -0.39 is 11.0 Å². The lowest BCUT2D eigenvalue weighted by molar-refractivity contribution is -0.169. The van der Waals surface area contributed by atoms with Gasteiger partial charge in [0.05, 0.1) is 17.6 Å². The minimum Gasteiger partial charge on any atom is -0.465 e. The summed E-state index contributed by atoms with van der Waals surface area (Å²) in [6.45, 7) is 4.28. The molecule has 86 valence electrons. The van der Waals surface area contributed by atoms with E-state index in [-0.39, 0.29) is 11.9 Å². The molecule has 0 aromatic carbocycles. The summed E-state index contributed by atoms with van der Waals surface area (Å²) >= 11 is 0. The maximum atomic E-state index is 12.0. The smallest absolute Gasteiger partial charge is 0.315 e. The van der Waals surface area contributed by atoms with E-state index in [9.17, 15) is 9.90 Å². The topological polar surface area (TPSA) is 46.5 Å². The lowest BCUT2D eigenvalue weighted by Crippen LogP contribution is -2.48. The van der Waals surface area contributed by atoms with E-state index in [0.29, 0.717) is 6.61 Å². The van der Waals surface area contributed by atoms with Crippen molar-refractivity contribution in [1.29, 1.82) is 0 Å². The highest BCUT2D eigenvalue weighted by Crippen LogP contribution is 2.60. The monoisotopic (exact) mass is 212 g/mol. The Morgan fingerprint density at radius 3 is 2.87 bits per heavy atom. The third kappa shape index (κ3) is 1.25. The molecule has 0 radical (unpaired) electrons. The van der Waals surface area contributed by atoms with Gasteiger partial charge >= 0.3 is 5.97 Å². The van der Waals surface area contributed by atoms with Crippen molar-refractivity contribution in [2.24, 2.45) is 11.3 Å². The Balaban J connectivity index is 2.29. The van der Waals surface area contributed by atoms with Crippen molar-refractivity contribution in [1.82, 2.24) is 0 Å². The Labute approximate surface area is 90.8 Å². The van der Waals surface area contributed by atoms with E-state index in [1.54, 1.807) is 0 Å². The van der Waals surface area contributed by atoms with Gasteiger partial charge in [0.25, 0.3) is 0 Å². The Kier molecular flexibility index (Phi) is 2.53. The molecule has 0 spiro atoms. The first-order valence-electron chi connectivity index (χ1n) is 5.96. The molecule has 0 aliphatic heterocycles. The summed E-state index contributed by atoms with van der Waals surface area (Å²) in [5.41, 5.74) is -1.37. The van der Waals surface area contributed by atoms with E-state index in [4.69, 9.17) is 4.74 Å². The van der Waals surface area contributed by atoms with Crippen LogP contribution in [0.15, 0.2) is 0 Å². The summed E-state index contributed by atoms with van der Waals surface area (Å²) in [4.78, 5) is 12.0. The Hall–Kier alpha value is -0.570. The number of hydrogen-bond acceptors (Lipinski definition) is 3. The highest BCUT2D eigenvalue weighted by molar-refractivity contribution is 5.79. The summed E-state index contributed by atoms with van der Waals surface area (Å²) in [5.74, 6) is 0.0544. The van der Waals surface area contributed by atoms with Gasteiger partial charge in [-0.2, -0.15) is 0 Å². The van der Waals surface area contributed by atoms with Crippen LogP contribution in [0, 0.1) is 11.3 Å². The van der Waals surface area contributed by atoms with Crippen molar-refractivity contribution in [3.05, 3.63) is 0 Å². The molecule has 3 atom stereocenters. The van der Waals surface area contributed by atoms with Gasteiger partial charge in [0.2, 0.25) is 0 Å². The lowest BCUT2D eigenvalue weighted by Gasteiger charge is -2.36. The zero-order valence-electron chi connectivity index (χ0n) is 9.58. The van der Waals surface area contributed by atoms with Crippen molar-refractivity contribution in [2.75, 3.05) is 6.61 Å². The number of aliphatic hydroxyl groups is 1. The van der Waals surface area contributed by atoms with Crippen LogP contribution < -0.4 is 0 Å². The van der Waals surface area contributed by atoms with Gasteiger partial charge in [-0.3, -0.25) is 4.79 Å². The highest BCUT2D eigenvalue weighted by Gasteiger charge is 2.65. The van der Waals surface area contributed by atoms with E-state index in [0.717, 1.165) is 32.1 Å². The second-order valence-electron chi connectivity index (χ2n) is 5.02. The minimum absolute atomic E-state index is 0.172. The summed E-state index contributed by atoms with van der Waals surface area (Å²) in [7, 11) is 0. The Bertz CT molecular complexity index is 276. The fourth-order valence-corrected chi connectivity index (χ4v) is 3.53. The van der Waals surface area contributed by atoms with Crippen LogP contribution >= 0.6 is 0 Å². The van der Waals surface area contributed by atoms with Crippen LogP contribution in [-0.2, 0) is 9.53 Å². The fraction of sp³-hybridized carbons (Fsp3) is 0.917. The number of esters is 1. The normalized spacial score (nSPS) is 44.1. The zero-order valence-corrected chi connectivity index (χ0v) is 9.58. The summed E-state index contributed by atoms with van der Waals surface area (Å²) < 4.78 is 5.15. The lowest BCUT2D eigenvalue weighted by atomic mass is 9.74. The van der Waals surface area contributed by atoms with Crippen LogP contribution in [0.3, 0.4) is 0 Å². The average molecular weight is 212 g/mol. The molecule has 0 bridgehead atoms. The molecule has 2 saturated carbocycles. The standard InChI is InChI=1S/C12H20O3/c1-3-15-10(13)11-6-4-7-12(11,14)9(2)5-8-11/h9,14H,3-8H2,1-2H3/t9?,11-,12-/m0/s1. The van der Waals surface area contributed by atoms with Crippen LogP contribution in [0.4, 0.5) is 0 Å². The van der Waals surface area contributed by atoms with Crippen molar-refractivity contribution < 1.29 is 14.6 Å². The van der Waals surface area contributed by atoms with Gasteiger partial charge in [-0.1, -0.05) is 6.92 Å². The molecule has 15 heavy (non-hydrogen) atoms. The van der Waals surface area contributed by atoms with Crippen LogP contribution in [0.5, 0.6) is 0 Å². The molecular weight excluding hydrogens is 192 g/mol. The van der Waals surface area contributed by atoms with Crippen molar-refractivity contribution >= 4 is 5.97 Å². The Morgan fingerprint density at radius 2 is 2.20 bits per heavy atom. The molecule has 3 nitrogen and oxygen atoms in total. The molecule has 1 N–H and O–H groups in total. The third-order valence-corrected chi connectivity index (χ3v) is 4.48. The fourth-order valence-electron chi connectivity index (χ4n) is 3.53. The van der Waals surface area contributed by atoms with Crippen molar-refractivity contribution in [3.63, 3.8) is 0 Å². The summed E-state index contributed by atoms with van der Waals surface area (Å²) in [6, 6.07) is 0. The first-order valence-corrected chi connectivity index (χ1v) is 5.96. The molecule has 0 aromatic heterocycles. The number of carbonyl (C=O) groups is 1. The summed E-state index contributed by atoms with van der Waals surface area (Å²) in [6.07, 6.45) is 4.23. The largest absolute Gasteiger partial charge is 0.465 e. The molecule has 0 amide bonds. The number of carbonyl (C=O) groups excluding carboxylic acids is 1. The van der Waals surface area contributed by atoms with Gasteiger partial charge in [0.15, 0.2) is 0 Å². The van der Waals surface area contributed by atoms with Crippen LogP contribution in [0.1, 0.15) is 46.0 Å². The molecule has 2 rings (SSSR count). The molecule has 0 heterocycles. The quantitative estimate of drug-likeness (QED) is 0.711. The van der Waals surface area contributed by atoms with Gasteiger partial charge in [0, 0.05) is 0 Å². The van der Waals surface area contributed by atoms with Gasteiger partial charge in [0.1, 0.15) is 0 Å². The zero-order chi connectivity index (χ0) is 11.1. The van der Waals surface area contributed by atoms with Gasteiger partial charge in [-0.05, 0) is 44.9 Å². The van der Waals surface area contributed by atoms with E-state index in [2.05, 4.69) is 0 Å². The molecule has 2 fully saturated rings. The van der Waals surface area contributed by atoms with Crippen molar-refractivity contribution in [3.8, 4) is 0 Å². The maximum Gasteiger partial charge on any atom is 0.315 e. The van der Waals surface area contributed by atoms with Crippen LogP contribution in [-0.4, -0.2) is 23.3 Å². The van der Waals surface area contributed by atoms with Gasteiger partial charge in [-0.25, -0.2) is 0 Å². The maximum absolute atomic E-state index is 12.0. The molecule has 3 heteroatoms. The first kappa shape index (κ1) is 10.9. The molecule has 1 unspecified atom stereocenters. The summed E-state index contributed by atoms with van der Waals surface area (Å²) in [5, 5.41) is 10.6. The van der Waals surface area contributed by atoms with E-state index >= 15 is 0 Å². The average Bonchev–Trinajstić information content (AvgIpc) is 2.65. The molecule has 2 aliphatic carbocycles. The second-order valence-corrected chi connectivity index (χ2v) is 5.02. The number of fused-ring (bicyclic) bond motifs is 1. The third-order valence-electron chi connectivity index (χ3n) is 4.48. The molecule has 2 aliphatic rings.